The smallest absolute Gasteiger partial charge is 0.254 e. The number of nitrogens with zero attached hydrogens (tertiary/aromatic N) is 5. The van der Waals surface area contributed by atoms with Crippen LogP contribution in [0.3, 0.4) is 0 Å². The Morgan fingerprint density at radius 2 is 1.91 bits per heavy atom. The van der Waals surface area contributed by atoms with E-state index in [2.05, 4.69) is 9.97 Å². The fourth-order valence-corrected chi connectivity index (χ4v) is 5.47. The Morgan fingerprint density at radius 3 is 2.73 bits per heavy atom. The molecule has 1 fully saturated rings. The van der Waals surface area contributed by atoms with Crippen molar-refractivity contribution in [1.82, 2.24) is 24.6 Å². The number of halogens is 2. The molecule has 4 aromatic rings. The Labute approximate surface area is 188 Å². The van der Waals surface area contributed by atoms with Gasteiger partial charge in [0, 0.05) is 47.4 Å². The summed E-state index contributed by atoms with van der Waals surface area (Å²) in [6, 6.07) is 8.87. The van der Waals surface area contributed by atoms with Crippen LogP contribution in [0.4, 0.5) is 8.78 Å². The summed E-state index contributed by atoms with van der Waals surface area (Å²) < 4.78 is 29.6. The standard InChI is InChI=1S/C25H21F2N5O/c1-31-24(15-8-17(26)10-18(27)9-15)20-11-19-3-2-4-22(23(20)30-31)32(19)25(33)14-5-6-21-16(7-14)12-28-13-29-21/h5-10,12-13,19,22H,2-4,11H2,1H3. The van der Waals surface area contributed by atoms with Crippen molar-refractivity contribution in [1.29, 1.82) is 0 Å². The second-order valence-corrected chi connectivity index (χ2v) is 8.81. The van der Waals surface area contributed by atoms with Crippen LogP contribution < -0.4 is 0 Å². The zero-order valence-corrected chi connectivity index (χ0v) is 18.0. The average Bonchev–Trinajstić information content (AvgIpc) is 3.13. The minimum atomic E-state index is -0.618. The van der Waals surface area contributed by atoms with Crippen LogP contribution in [0.15, 0.2) is 48.9 Å². The van der Waals surface area contributed by atoms with Gasteiger partial charge in [-0.15, -0.1) is 0 Å². The average molecular weight is 445 g/mol. The SMILES string of the molecule is Cn1nc2c(c1-c1cc(F)cc(F)c1)CC1CCCC2N1C(=O)c1ccc2ncncc2c1. The van der Waals surface area contributed by atoms with Gasteiger partial charge in [-0.25, -0.2) is 18.7 Å². The lowest BCUT2D eigenvalue weighted by Gasteiger charge is -2.45. The van der Waals surface area contributed by atoms with Crippen molar-refractivity contribution in [3.8, 4) is 11.3 Å². The van der Waals surface area contributed by atoms with Gasteiger partial charge in [-0.05, 0) is 56.0 Å². The molecule has 6 rings (SSSR count). The lowest BCUT2D eigenvalue weighted by molar-refractivity contribution is 0.0392. The number of carbonyl (C=O) groups is 1. The van der Waals surface area contributed by atoms with Crippen molar-refractivity contribution in [2.75, 3.05) is 0 Å². The number of piperidine rings is 1. The maximum absolute atomic E-state index is 13.9. The first-order chi connectivity index (χ1) is 16.0. The third kappa shape index (κ3) is 3.20. The van der Waals surface area contributed by atoms with Crippen LogP contribution in [0.1, 0.15) is 46.9 Å². The number of amides is 1. The molecule has 0 radical (unpaired) electrons. The van der Waals surface area contributed by atoms with Gasteiger partial charge in [-0.2, -0.15) is 5.10 Å². The summed E-state index contributed by atoms with van der Waals surface area (Å²) in [5, 5.41) is 5.56. The zero-order valence-electron chi connectivity index (χ0n) is 18.0. The number of benzene rings is 2. The molecule has 2 bridgehead atoms. The summed E-state index contributed by atoms with van der Waals surface area (Å²) in [7, 11) is 1.79. The fraction of sp³-hybridized carbons (Fsp3) is 0.280. The minimum Gasteiger partial charge on any atom is -0.327 e. The summed E-state index contributed by atoms with van der Waals surface area (Å²) in [6.45, 7) is 0. The summed E-state index contributed by atoms with van der Waals surface area (Å²) in [4.78, 5) is 23.9. The van der Waals surface area contributed by atoms with E-state index in [4.69, 9.17) is 5.10 Å². The molecule has 1 saturated heterocycles. The van der Waals surface area contributed by atoms with Crippen molar-refractivity contribution in [2.24, 2.45) is 7.05 Å². The first kappa shape index (κ1) is 20.0. The highest BCUT2D eigenvalue weighted by atomic mass is 19.1. The predicted octanol–water partition coefficient (Wildman–Crippen LogP) is 4.60. The highest BCUT2D eigenvalue weighted by Crippen LogP contribution is 2.45. The van der Waals surface area contributed by atoms with Crippen LogP contribution in [0.2, 0.25) is 0 Å². The highest BCUT2D eigenvalue weighted by molar-refractivity contribution is 5.98. The molecule has 4 heterocycles. The molecule has 2 aliphatic rings. The molecule has 166 valence electrons. The summed E-state index contributed by atoms with van der Waals surface area (Å²) >= 11 is 0. The highest BCUT2D eigenvalue weighted by Gasteiger charge is 2.43. The van der Waals surface area contributed by atoms with Gasteiger partial charge in [0.2, 0.25) is 0 Å². The van der Waals surface area contributed by atoms with E-state index >= 15 is 0 Å². The Kier molecular flexibility index (Phi) is 4.50. The molecule has 1 amide bonds. The van der Waals surface area contributed by atoms with E-state index in [9.17, 15) is 13.6 Å². The van der Waals surface area contributed by atoms with Crippen LogP contribution >= 0.6 is 0 Å². The molecule has 2 aliphatic heterocycles. The van der Waals surface area contributed by atoms with E-state index in [0.29, 0.717) is 17.5 Å². The van der Waals surface area contributed by atoms with Gasteiger partial charge in [0.1, 0.15) is 18.0 Å². The molecule has 8 heteroatoms. The van der Waals surface area contributed by atoms with E-state index < -0.39 is 11.6 Å². The Bertz CT molecular complexity index is 1400. The van der Waals surface area contributed by atoms with Crippen LogP contribution in [-0.2, 0) is 13.5 Å². The maximum Gasteiger partial charge on any atom is 0.254 e. The van der Waals surface area contributed by atoms with Crippen molar-refractivity contribution in [3.63, 3.8) is 0 Å². The van der Waals surface area contributed by atoms with E-state index in [1.165, 1.54) is 18.5 Å². The molecule has 2 aromatic heterocycles. The van der Waals surface area contributed by atoms with Gasteiger partial charge < -0.3 is 4.90 Å². The van der Waals surface area contributed by atoms with Crippen molar-refractivity contribution >= 4 is 16.8 Å². The van der Waals surface area contributed by atoms with E-state index in [-0.39, 0.29) is 18.0 Å². The van der Waals surface area contributed by atoms with Gasteiger partial charge >= 0.3 is 0 Å². The number of hydrogen-bond acceptors (Lipinski definition) is 4. The number of rotatable bonds is 2. The van der Waals surface area contributed by atoms with Gasteiger partial charge in [-0.1, -0.05) is 0 Å². The molecule has 0 saturated carbocycles. The normalized spacial score (nSPS) is 19.5. The van der Waals surface area contributed by atoms with Crippen molar-refractivity contribution in [2.45, 2.75) is 37.8 Å². The second kappa shape index (κ2) is 7.43. The van der Waals surface area contributed by atoms with E-state index in [0.717, 1.165) is 53.2 Å². The van der Waals surface area contributed by atoms with Gasteiger partial charge in [0.15, 0.2) is 0 Å². The number of fused-ring (bicyclic) bond motifs is 5. The van der Waals surface area contributed by atoms with Crippen LogP contribution in [0.25, 0.3) is 22.2 Å². The van der Waals surface area contributed by atoms with Crippen molar-refractivity contribution < 1.29 is 13.6 Å². The Hall–Kier alpha value is -3.68. The fourth-order valence-electron chi connectivity index (χ4n) is 5.47. The van der Waals surface area contributed by atoms with Crippen LogP contribution in [0.5, 0.6) is 0 Å². The summed E-state index contributed by atoms with van der Waals surface area (Å²) in [5.74, 6) is -1.27. The molecule has 0 aliphatic carbocycles. The van der Waals surface area contributed by atoms with Crippen LogP contribution in [-0.4, -0.2) is 36.6 Å². The minimum absolute atomic E-state index is 0.00725. The monoisotopic (exact) mass is 445 g/mol. The van der Waals surface area contributed by atoms with Gasteiger partial charge in [0.05, 0.1) is 22.9 Å². The second-order valence-electron chi connectivity index (χ2n) is 8.81. The predicted molar refractivity (Wildman–Crippen MR) is 118 cm³/mol. The largest absolute Gasteiger partial charge is 0.327 e. The third-order valence-corrected chi connectivity index (χ3v) is 6.80. The van der Waals surface area contributed by atoms with Crippen molar-refractivity contribution in [3.05, 3.63) is 77.4 Å². The number of hydrogen-bond donors (Lipinski definition) is 0. The first-order valence-corrected chi connectivity index (χ1v) is 11.0. The molecule has 6 nitrogen and oxygen atoms in total. The van der Waals surface area contributed by atoms with Gasteiger partial charge in [-0.3, -0.25) is 9.48 Å². The van der Waals surface area contributed by atoms with Gasteiger partial charge in [0.25, 0.3) is 5.91 Å². The molecule has 0 spiro atoms. The molecule has 2 unspecified atom stereocenters. The molecular weight excluding hydrogens is 424 g/mol. The summed E-state index contributed by atoms with van der Waals surface area (Å²) in [6.07, 6.45) is 6.49. The molecular formula is C25H21F2N5O. The molecule has 33 heavy (non-hydrogen) atoms. The topological polar surface area (TPSA) is 63.9 Å². The quantitative estimate of drug-likeness (QED) is 0.452. The first-order valence-electron chi connectivity index (χ1n) is 11.0. The Morgan fingerprint density at radius 1 is 1.09 bits per heavy atom. The lowest BCUT2D eigenvalue weighted by atomic mass is 9.81. The zero-order chi connectivity index (χ0) is 22.7. The third-order valence-electron chi connectivity index (χ3n) is 6.80. The molecule has 2 aromatic carbocycles. The number of aryl methyl sites for hydroxylation is 1. The Balaban J connectivity index is 1.42. The number of aromatic nitrogens is 4. The van der Waals surface area contributed by atoms with E-state index in [1.807, 2.05) is 23.1 Å². The van der Waals surface area contributed by atoms with Crippen LogP contribution in [0, 0.1) is 11.6 Å². The molecule has 0 N–H and O–H groups in total. The summed E-state index contributed by atoms with van der Waals surface area (Å²) in [5.41, 5.74) is 4.38. The van der Waals surface area contributed by atoms with E-state index in [1.54, 1.807) is 17.9 Å². The number of carbonyl (C=O) groups excluding carboxylic acids is 1. The molecule has 2 atom stereocenters. The lowest BCUT2D eigenvalue weighted by Crippen LogP contribution is -2.49. The maximum atomic E-state index is 13.9.